The Labute approximate surface area is 98.1 Å². The molecule has 0 bridgehead atoms. The fourth-order valence-electron chi connectivity index (χ4n) is 0.958. The Balaban J connectivity index is 0.000000453. The minimum absolute atomic E-state index is 0. The van der Waals surface area contributed by atoms with Gasteiger partial charge in [-0.05, 0) is 0 Å². The first-order valence-corrected chi connectivity index (χ1v) is 3.81. The van der Waals surface area contributed by atoms with E-state index in [1.807, 2.05) is 4.98 Å². The topological polar surface area (TPSA) is 162 Å². The van der Waals surface area contributed by atoms with Crippen molar-refractivity contribution in [3.63, 3.8) is 0 Å². The molecule has 0 aliphatic carbocycles. The fraction of sp³-hybridized carbons (Fsp3) is 0. The van der Waals surface area contributed by atoms with Gasteiger partial charge < -0.3 is 0 Å². The van der Waals surface area contributed by atoms with Gasteiger partial charge in [-0.1, -0.05) is 0 Å². The molecule has 0 amide bonds. The van der Waals surface area contributed by atoms with Gasteiger partial charge in [0.25, 0.3) is 5.56 Å². The van der Waals surface area contributed by atoms with Gasteiger partial charge in [-0.3, -0.25) is 24.7 Å². The van der Waals surface area contributed by atoms with Crippen molar-refractivity contribution in [2.75, 3.05) is 0 Å². The van der Waals surface area contributed by atoms with Crippen molar-refractivity contribution in [1.29, 1.82) is 10.5 Å². The summed E-state index contributed by atoms with van der Waals surface area (Å²) in [5.74, 6) is 0. The first-order valence-electron chi connectivity index (χ1n) is 3.81. The molecule has 0 aromatic carbocycles. The Morgan fingerprint density at radius 1 is 0.824 bits per heavy atom. The van der Waals surface area contributed by atoms with E-state index in [2.05, 4.69) is 15.0 Å². The largest absolute Gasteiger partial charge is 0.327 e. The zero-order chi connectivity index (χ0) is 12.1. The number of hydrogen-bond acceptors (Lipinski definition) is 5. The Morgan fingerprint density at radius 3 is 1.76 bits per heavy atom. The van der Waals surface area contributed by atoms with Crippen molar-refractivity contribution in [2.24, 2.45) is 0 Å². The highest BCUT2D eigenvalue weighted by atomic mass is 35.5. The van der Waals surface area contributed by atoms with Crippen LogP contribution in [0.15, 0.2) is 14.4 Å². The van der Waals surface area contributed by atoms with Crippen LogP contribution in [-0.2, 0) is 0 Å². The highest BCUT2D eigenvalue weighted by Gasteiger charge is 2.02. The predicted molar refractivity (Wildman–Crippen MR) is 58.6 cm³/mol. The van der Waals surface area contributed by atoms with Crippen LogP contribution in [0.4, 0.5) is 0 Å². The van der Waals surface area contributed by atoms with E-state index in [-0.39, 0.29) is 23.6 Å². The van der Waals surface area contributed by atoms with Gasteiger partial charge in [-0.25, -0.2) is 9.59 Å². The third-order valence-electron chi connectivity index (χ3n) is 1.47. The molecule has 2 rings (SSSR count). The molecule has 0 aliphatic heterocycles. The molecule has 2 heterocycles. The van der Waals surface area contributed by atoms with Crippen molar-refractivity contribution in [3.8, 4) is 12.1 Å². The molecular formula is C7H5ClN6O3. The van der Waals surface area contributed by atoms with Crippen molar-refractivity contribution in [3.05, 3.63) is 31.3 Å². The van der Waals surface area contributed by atoms with Gasteiger partial charge in [-0.2, -0.15) is 10.5 Å². The normalized spacial score (nSPS) is 8.12. The summed E-state index contributed by atoms with van der Waals surface area (Å²) in [5, 5.41) is 14.5. The Hall–Kier alpha value is -2.78. The third-order valence-corrected chi connectivity index (χ3v) is 1.47. The molecule has 4 N–H and O–H groups in total. The molecule has 0 atom stereocenters. The van der Waals surface area contributed by atoms with Crippen LogP contribution in [0.2, 0.25) is 0 Å². The van der Waals surface area contributed by atoms with Gasteiger partial charge in [0.1, 0.15) is 11.2 Å². The van der Waals surface area contributed by atoms with Gasteiger partial charge in [0, 0.05) is 0 Å². The number of nitriles is 2. The van der Waals surface area contributed by atoms with Crippen LogP contribution in [0.3, 0.4) is 0 Å². The zero-order valence-electron chi connectivity index (χ0n) is 8.03. The van der Waals surface area contributed by atoms with E-state index in [0.717, 1.165) is 0 Å². The van der Waals surface area contributed by atoms with Crippen LogP contribution in [0.25, 0.3) is 11.2 Å². The Bertz CT molecular complexity index is 739. The monoisotopic (exact) mass is 256 g/mol. The van der Waals surface area contributed by atoms with Gasteiger partial charge in [0.05, 0.1) is 0 Å². The first kappa shape index (κ1) is 14.2. The van der Waals surface area contributed by atoms with Gasteiger partial charge >= 0.3 is 11.4 Å². The molecule has 88 valence electrons. The second kappa shape index (κ2) is 5.95. The number of H-pyrrole nitrogens is 4. The lowest BCUT2D eigenvalue weighted by Crippen LogP contribution is -2.21. The summed E-state index contributed by atoms with van der Waals surface area (Å²) >= 11 is 0. The first-order chi connectivity index (χ1) is 7.58. The second-order valence-corrected chi connectivity index (χ2v) is 2.46. The number of aromatic nitrogens is 4. The Morgan fingerprint density at radius 2 is 1.29 bits per heavy atom. The van der Waals surface area contributed by atoms with E-state index in [1.54, 1.807) is 0 Å². The fourth-order valence-corrected chi connectivity index (χ4v) is 0.958. The third kappa shape index (κ3) is 3.37. The molecule has 2 aromatic rings. The summed E-state index contributed by atoms with van der Waals surface area (Å²) in [6, 6.07) is 2.47. The molecule has 10 heteroatoms. The molecule has 0 saturated carbocycles. The summed E-state index contributed by atoms with van der Waals surface area (Å²) in [4.78, 5) is 41.0. The van der Waals surface area contributed by atoms with Crippen LogP contribution < -0.4 is 16.9 Å². The van der Waals surface area contributed by atoms with E-state index < -0.39 is 16.9 Å². The summed E-state index contributed by atoms with van der Waals surface area (Å²) in [6.07, 6.45) is 0. The summed E-state index contributed by atoms with van der Waals surface area (Å²) < 4.78 is 0. The number of nitrogens with one attached hydrogen (secondary N) is 4. The van der Waals surface area contributed by atoms with Crippen LogP contribution in [0, 0.1) is 22.7 Å². The minimum Gasteiger partial charge on any atom is -0.300 e. The van der Waals surface area contributed by atoms with Crippen molar-refractivity contribution in [1.82, 2.24) is 19.9 Å². The molecule has 0 aliphatic rings. The standard InChI is InChI=1S/C5H4N4O3.C2N2.ClH/c10-3-1-2(7-4(11)6-1)8-5(12)9-3;3-1-2-4;/h(H4,6,7,8,9,10,11,12);;1H. The lowest BCUT2D eigenvalue weighted by molar-refractivity contribution is 1.07. The highest BCUT2D eigenvalue weighted by molar-refractivity contribution is 5.85. The number of fused-ring (bicyclic) bond motifs is 1. The summed E-state index contributed by atoms with van der Waals surface area (Å²) in [7, 11) is 0. The van der Waals surface area contributed by atoms with Crippen molar-refractivity contribution < 1.29 is 0 Å². The number of nitrogens with zero attached hydrogens (tertiary/aromatic N) is 2. The number of hydrogen-bond donors (Lipinski definition) is 4. The van der Waals surface area contributed by atoms with Gasteiger partial charge in [-0.15, -0.1) is 12.4 Å². The molecular weight excluding hydrogens is 252 g/mol. The van der Waals surface area contributed by atoms with Crippen molar-refractivity contribution in [2.45, 2.75) is 0 Å². The summed E-state index contributed by atoms with van der Waals surface area (Å²) in [6.45, 7) is 0. The average molecular weight is 257 g/mol. The number of halogens is 1. The minimum atomic E-state index is -0.650. The molecule has 0 radical (unpaired) electrons. The molecule has 0 fully saturated rings. The molecule has 0 spiro atoms. The lowest BCUT2D eigenvalue weighted by atomic mass is 10.5. The van der Waals surface area contributed by atoms with E-state index in [4.69, 9.17) is 10.5 Å². The quantitative estimate of drug-likeness (QED) is 0.459. The smallest absolute Gasteiger partial charge is 0.300 e. The van der Waals surface area contributed by atoms with Gasteiger partial charge in [0.2, 0.25) is 0 Å². The molecule has 0 saturated heterocycles. The average Bonchev–Trinajstić information content (AvgIpc) is 2.59. The lowest BCUT2D eigenvalue weighted by Gasteiger charge is -1.83. The molecule has 2 aromatic heterocycles. The number of rotatable bonds is 0. The second-order valence-electron chi connectivity index (χ2n) is 2.46. The van der Waals surface area contributed by atoms with E-state index in [0.29, 0.717) is 0 Å². The Kier molecular flexibility index (Phi) is 4.97. The zero-order valence-corrected chi connectivity index (χ0v) is 8.84. The predicted octanol–water partition coefficient (Wildman–Crippen LogP) is -1.31. The number of aromatic amines is 4. The van der Waals surface area contributed by atoms with Crippen LogP contribution >= 0.6 is 12.4 Å². The molecule has 9 nitrogen and oxygen atoms in total. The maximum absolute atomic E-state index is 10.9. The molecule has 0 unspecified atom stereocenters. The van der Waals surface area contributed by atoms with E-state index >= 15 is 0 Å². The van der Waals surface area contributed by atoms with Crippen molar-refractivity contribution >= 4 is 23.6 Å². The summed E-state index contributed by atoms with van der Waals surface area (Å²) in [5.41, 5.74) is -1.65. The van der Waals surface area contributed by atoms with Crippen LogP contribution in [0.1, 0.15) is 0 Å². The van der Waals surface area contributed by atoms with E-state index in [9.17, 15) is 14.4 Å². The van der Waals surface area contributed by atoms with Gasteiger partial charge in [0.15, 0.2) is 12.1 Å². The maximum atomic E-state index is 10.9. The highest BCUT2D eigenvalue weighted by Crippen LogP contribution is 1.88. The van der Waals surface area contributed by atoms with E-state index in [1.165, 1.54) is 12.1 Å². The molecule has 17 heavy (non-hydrogen) atoms. The van der Waals surface area contributed by atoms with Crippen LogP contribution in [-0.4, -0.2) is 19.9 Å². The van der Waals surface area contributed by atoms with Crippen LogP contribution in [0.5, 0.6) is 0 Å². The number of imidazole rings is 1. The SMILES string of the molecule is Cl.N#CC#N.O=c1[nH]c(=O)c2[nH]c(=O)[nH]c2[nH]1. The maximum Gasteiger partial charge on any atom is 0.327 e.